The zero-order valence-electron chi connectivity index (χ0n) is 14.8. The van der Waals surface area contributed by atoms with Crippen LogP contribution in [0.1, 0.15) is 37.5 Å². The standard InChI is InChI=1S/C20H26O4/c1-14(2)5-8-17-11-16(7-10-19(21)22)12-18(20(17)23)9-6-15(3)13-24-4/h5-7,10-12,23H,8-9,13H2,1-4H3,(H,21,22)/b10-7+,15-6-. The van der Waals surface area contributed by atoms with Gasteiger partial charge in [-0.2, -0.15) is 0 Å². The first kappa shape index (κ1) is 19.7. The van der Waals surface area contributed by atoms with Gasteiger partial charge in [0.2, 0.25) is 0 Å². The van der Waals surface area contributed by atoms with Crippen LogP contribution < -0.4 is 0 Å². The second-order valence-corrected chi connectivity index (χ2v) is 6.03. The Hall–Kier alpha value is -2.33. The summed E-state index contributed by atoms with van der Waals surface area (Å²) in [4.78, 5) is 10.7. The zero-order valence-corrected chi connectivity index (χ0v) is 14.8. The quantitative estimate of drug-likeness (QED) is 0.555. The van der Waals surface area contributed by atoms with Crippen molar-refractivity contribution >= 4 is 12.0 Å². The highest BCUT2D eigenvalue weighted by Gasteiger charge is 2.08. The van der Waals surface area contributed by atoms with Crippen LogP contribution in [-0.4, -0.2) is 29.9 Å². The van der Waals surface area contributed by atoms with Crippen LogP contribution in [0.4, 0.5) is 0 Å². The number of hydrogen-bond acceptors (Lipinski definition) is 3. The molecule has 0 aliphatic heterocycles. The molecular formula is C20H26O4. The summed E-state index contributed by atoms with van der Waals surface area (Å²) >= 11 is 0. The van der Waals surface area contributed by atoms with Crippen molar-refractivity contribution in [3.8, 4) is 5.75 Å². The van der Waals surface area contributed by atoms with Gasteiger partial charge in [-0.1, -0.05) is 23.3 Å². The van der Waals surface area contributed by atoms with Gasteiger partial charge in [-0.3, -0.25) is 0 Å². The first-order valence-electron chi connectivity index (χ1n) is 7.87. The largest absolute Gasteiger partial charge is 0.507 e. The van der Waals surface area contributed by atoms with Gasteiger partial charge in [0.25, 0.3) is 0 Å². The first-order valence-corrected chi connectivity index (χ1v) is 7.87. The Morgan fingerprint density at radius 1 is 1.12 bits per heavy atom. The van der Waals surface area contributed by atoms with Crippen molar-refractivity contribution < 1.29 is 19.7 Å². The fourth-order valence-corrected chi connectivity index (χ4v) is 2.25. The molecule has 0 bridgehead atoms. The van der Waals surface area contributed by atoms with E-state index in [0.29, 0.717) is 19.4 Å². The number of rotatable bonds is 8. The van der Waals surface area contributed by atoms with E-state index in [1.807, 2.05) is 45.1 Å². The Kier molecular flexibility index (Phi) is 7.99. The molecule has 2 N–H and O–H groups in total. The smallest absolute Gasteiger partial charge is 0.328 e. The normalized spacial score (nSPS) is 11.8. The van der Waals surface area contributed by atoms with Crippen LogP contribution in [0.15, 0.2) is 41.5 Å². The topological polar surface area (TPSA) is 66.8 Å². The van der Waals surface area contributed by atoms with E-state index < -0.39 is 5.97 Å². The summed E-state index contributed by atoms with van der Waals surface area (Å²) in [5.41, 5.74) is 4.57. The van der Waals surface area contributed by atoms with Gasteiger partial charge in [-0.05, 0) is 68.5 Å². The summed E-state index contributed by atoms with van der Waals surface area (Å²) in [5, 5.41) is 19.3. The maximum Gasteiger partial charge on any atom is 0.328 e. The van der Waals surface area contributed by atoms with Crippen molar-refractivity contribution in [2.75, 3.05) is 13.7 Å². The molecule has 0 radical (unpaired) electrons. The predicted octanol–water partition coefficient (Wildman–Crippen LogP) is 4.13. The molecule has 0 saturated carbocycles. The lowest BCUT2D eigenvalue weighted by Gasteiger charge is -2.10. The van der Waals surface area contributed by atoms with Crippen LogP contribution in [0.2, 0.25) is 0 Å². The minimum absolute atomic E-state index is 0.265. The summed E-state index contributed by atoms with van der Waals surface area (Å²) in [7, 11) is 1.64. The molecule has 0 aliphatic carbocycles. The molecule has 4 nitrogen and oxygen atoms in total. The Balaban J connectivity index is 3.21. The van der Waals surface area contributed by atoms with Crippen LogP contribution in [0, 0.1) is 0 Å². The minimum atomic E-state index is -0.994. The van der Waals surface area contributed by atoms with Crippen LogP contribution in [-0.2, 0) is 22.4 Å². The van der Waals surface area contributed by atoms with Gasteiger partial charge in [0.15, 0.2) is 0 Å². The van der Waals surface area contributed by atoms with E-state index in [4.69, 9.17) is 9.84 Å². The van der Waals surface area contributed by atoms with Gasteiger partial charge in [0.1, 0.15) is 5.75 Å². The number of aromatic hydroxyl groups is 1. The number of phenols is 1. The number of phenolic OH excluding ortho intramolecular Hbond substituents is 1. The number of methoxy groups -OCH3 is 1. The average Bonchev–Trinajstić information content (AvgIpc) is 2.51. The van der Waals surface area contributed by atoms with Crippen LogP contribution >= 0.6 is 0 Å². The van der Waals surface area contributed by atoms with E-state index in [0.717, 1.165) is 28.3 Å². The lowest BCUT2D eigenvalue weighted by atomic mass is 9.98. The molecule has 130 valence electrons. The number of hydrogen-bond donors (Lipinski definition) is 2. The van der Waals surface area contributed by atoms with Crippen molar-refractivity contribution in [1.29, 1.82) is 0 Å². The van der Waals surface area contributed by atoms with Crippen molar-refractivity contribution in [3.05, 3.63) is 58.2 Å². The third-order valence-electron chi connectivity index (χ3n) is 3.48. The third kappa shape index (κ3) is 6.84. The van der Waals surface area contributed by atoms with E-state index in [1.165, 1.54) is 5.57 Å². The Labute approximate surface area is 143 Å². The van der Waals surface area contributed by atoms with Crippen molar-refractivity contribution in [1.82, 2.24) is 0 Å². The summed E-state index contributed by atoms with van der Waals surface area (Å²) in [6.07, 6.45) is 7.87. The fourth-order valence-electron chi connectivity index (χ4n) is 2.25. The second kappa shape index (κ2) is 9.73. The predicted molar refractivity (Wildman–Crippen MR) is 97.2 cm³/mol. The molecule has 0 aliphatic rings. The molecule has 0 aromatic heterocycles. The van der Waals surface area contributed by atoms with Crippen molar-refractivity contribution in [3.63, 3.8) is 0 Å². The molecular weight excluding hydrogens is 304 g/mol. The fraction of sp³-hybridized carbons (Fsp3) is 0.350. The summed E-state index contributed by atoms with van der Waals surface area (Å²) in [6, 6.07) is 3.64. The van der Waals surface area contributed by atoms with E-state index >= 15 is 0 Å². The average molecular weight is 330 g/mol. The second-order valence-electron chi connectivity index (χ2n) is 6.03. The maximum atomic E-state index is 10.7. The van der Waals surface area contributed by atoms with E-state index in [-0.39, 0.29) is 5.75 Å². The number of carbonyl (C=O) groups is 1. The summed E-state index contributed by atoms with van der Waals surface area (Å²) in [5.74, 6) is -0.729. The maximum absolute atomic E-state index is 10.7. The molecule has 0 atom stereocenters. The van der Waals surface area contributed by atoms with Crippen molar-refractivity contribution in [2.45, 2.75) is 33.6 Å². The lowest BCUT2D eigenvalue weighted by Crippen LogP contribution is -1.95. The number of aliphatic carboxylic acids is 1. The van der Waals surface area contributed by atoms with Crippen molar-refractivity contribution in [2.24, 2.45) is 0 Å². The van der Waals surface area contributed by atoms with Crippen LogP contribution in [0.25, 0.3) is 6.08 Å². The summed E-state index contributed by atoms with van der Waals surface area (Å²) in [6.45, 7) is 6.52. The molecule has 4 heteroatoms. The van der Waals surface area contributed by atoms with Crippen LogP contribution in [0.5, 0.6) is 5.75 Å². The zero-order chi connectivity index (χ0) is 18.1. The monoisotopic (exact) mass is 330 g/mol. The number of ether oxygens (including phenoxy) is 1. The van der Waals surface area contributed by atoms with E-state index in [2.05, 4.69) is 0 Å². The Bertz CT molecular complexity index is 662. The molecule has 1 aromatic carbocycles. The third-order valence-corrected chi connectivity index (χ3v) is 3.48. The number of carboxylic acid groups (broad SMARTS) is 1. The lowest BCUT2D eigenvalue weighted by molar-refractivity contribution is -0.131. The highest BCUT2D eigenvalue weighted by molar-refractivity contribution is 5.85. The van der Waals surface area contributed by atoms with Gasteiger partial charge in [-0.25, -0.2) is 4.79 Å². The summed E-state index contributed by atoms with van der Waals surface area (Å²) < 4.78 is 5.08. The Morgan fingerprint density at radius 3 is 2.21 bits per heavy atom. The van der Waals surface area contributed by atoms with E-state index in [1.54, 1.807) is 13.2 Å². The van der Waals surface area contributed by atoms with Gasteiger partial charge in [0, 0.05) is 13.2 Å². The highest BCUT2D eigenvalue weighted by atomic mass is 16.5. The number of allylic oxidation sites excluding steroid dienone is 3. The van der Waals surface area contributed by atoms with Gasteiger partial charge >= 0.3 is 5.97 Å². The number of carboxylic acids is 1. The molecule has 24 heavy (non-hydrogen) atoms. The molecule has 1 rings (SSSR count). The molecule has 0 unspecified atom stereocenters. The SMILES string of the molecule is COC/C(C)=C\Cc1cc(/C=C/C(=O)O)cc(CC=C(C)C)c1O. The highest BCUT2D eigenvalue weighted by Crippen LogP contribution is 2.27. The van der Waals surface area contributed by atoms with Gasteiger partial charge < -0.3 is 14.9 Å². The van der Waals surface area contributed by atoms with Gasteiger partial charge in [0.05, 0.1) is 6.61 Å². The molecule has 0 amide bonds. The number of benzene rings is 1. The Morgan fingerprint density at radius 2 is 1.71 bits per heavy atom. The molecule has 0 heterocycles. The first-order chi connectivity index (χ1) is 11.3. The van der Waals surface area contributed by atoms with Gasteiger partial charge in [-0.15, -0.1) is 0 Å². The van der Waals surface area contributed by atoms with E-state index in [9.17, 15) is 9.90 Å². The molecule has 0 fully saturated rings. The molecule has 0 spiro atoms. The molecule has 1 aromatic rings. The molecule has 0 saturated heterocycles. The minimum Gasteiger partial charge on any atom is -0.507 e. The van der Waals surface area contributed by atoms with Crippen LogP contribution in [0.3, 0.4) is 0 Å².